The van der Waals surface area contributed by atoms with Gasteiger partial charge < -0.3 is 9.47 Å². The Balaban J connectivity index is 1.82. The molecular formula is C20H18O3. The maximum Gasteiger partial charge on any atom is 0.318 e. The molecular weight excluding hydrogens is 288 g/mol. The molecule has 0 amide bonds. The van der Waals surface area contributed by atoms with Crippen LogP contribution in [0.25, 0.3) is 10.8 Å². The van der Waals surface area contributed by atoms with Crippen LogP contribution >= 0.6 is 0 Å². The predicted octanol–water partition coefficient (Wildman–Crippen LogP) is 4.56. The molecule has 3 nitrogen and oxygen atoms in total. The van der Waals surface area contributed by atoms with Crippen LogP contribution in [-0.4, -0.2) is 13.1 Å². The van der Waals surface area contributed by atoms with Crippen molar-refractivity contribution in [2.45, 2.75) is 12.8 Å². The second-order valence-corrected chi connectivity index (χ2v) is 5.43. The number of methoxy groups -OCH3 is 1. The standard InChI is InChI=1S/C20H18O3/c1-14(20(21)23-18-6-4-3-5-7-18)15-8-9-17-13-19(22-2)11-10-16(17)12-15/h3-14H,1-2H3/t14-/m1/s1. The second-order valence-electron chi connectivity index (χ2n) is 5.43. The first-order valence-electron chi connectivity index (χ1n) is 7.52. The lowest BCUT2D eigenvalue weighted by Gasteiger charge is -2.12. The van der Waals surface area contributed by atoms with E-state index in [1.54, 1.807) is 19.2 Å². The van der Waals surface area contributed by atoms with Crippen LogP contribution in [0.3, 0.4) is 0 Å². The molecule has 116 valence electrons. The van der Waals surface area contributed by atoms with E-state index in [1.165, 1.54) is 0 Å². The molecule has 1 atom stereocenters. The first-order chi connectivity index (χ1) is 11.2. The molecule has 3 aromatic rings. The van der Waals surface area contributed by atoms with E-state index in [1.807, 2.05) is 61.5 Å². The third-order valence-electron chi connectivity index (χ3n) is 3.89. The van der Waals surface area contributed by atoms with Crippen LogP contribution in [-0.2, 0) is 4.79 Å². The Morgan fingerprint density at radius 1 is 0.870 bits per heavy atom. The molecule has 0 bridgehead atoms. The highest BCUT2D eigenvalue weighted by Gasteiger charge is 2.18. The van der Waals surface area contributed by atoms with Gasteiger partial charge in [-0.2, -0.15) is 0 Å². The fourth-order valence-electron chi connectivity index (χ4n) is 2.47. The molecule has 23 heavy (non-hydrogen) atoms. The Bertz CT molecular complexity index is 825. The van der Waals surface area contributed by atoms with Crippen molar-refractivity contribution < 1.29 is 14.3 Å². The second kappa shape index (κ2) is 6.53. The van der Waals surface area contributed by atoms with E-state index in [-0.39, 0.29) is 11.9 Å². The Kier molecular flexibility index (Phi) is 4.29. The molecule has 0 saturated carbocycles. The Hall–Kier alpha value is -2.81. The van der Waals surface area contributed by atoms with Crippen LogP contribution in [0.15, 0.2) is 66.7 Å². The molecule has 0 aliphatic rings. The summed E-state index contributed by atoms with van der Waals surface area (Å²) in [7, 11) is 1.65. The SMILES string of the molecule is COc1ccc2cc([C@@H](C)C(=O)Oc3ccccc3)ccc2c1. The van der Waals surface area contributed by atoms with Gasteiger partial charge in [0.05, 0.1) is 13.0 Å². The van der Waals surface area contributed by atoms with E-state index >= 15 is 0 Å². The number of rotatable bonds is 4. The summed E-state index contributed by atoms with van der Waals surface area (Å²) >= 11 is 0. The third-order valence-corrected chi connectivity index (χ3v) is 3.89. The number of fused-ring (bicyclic) bond motifs is 1. The van der Waals surface area contributed by atoms with Gasteiger partial charge in [0.25, 0.3) is 0 Å². The zero-order valence-electron chi connectivity index (χ0n) is 13.2. The average molecular weight is 306 g/mol. The van der Waals surface area contributed by atoms with Gasteiger partial charge >= 0.3 is 5.97 Å². The molecule has 0 aromatic heterocycles. The average Bonchev–Trinajstić information content (AvgIpc) is 2.61. The quantitative estimate of drug-likeness (QED) is 0.523. The van der Waals surface area contributed by atoms with Crippen LogP contribution in [0.2, 0.25) is 0 Å². The smallest absolute Gasteiger partial charge is 0.318 e. The number of ether oxygens (including phenoxy) is 2. The molecule has 3 aromatic carbocycles. The fourth-order valence-corrected chi connectivity index (χ4v) is 2.47. The van der Waals surface area contributed by atoms with Gasteiger partial charge in [0.2, 0.25) is 0 Å². The first kappa shape index (κ1) is 15.1. The minimum absolute atomic E-state index is 0.260. The monoisotopic (exact) mass is 306 g/mol. The number of hydrogen-bond acceptors (Lipinski definition) is 3. The van der Waals surface area contributed by atoms with Gasteiger partial charge in [-0.25, -0.2) is 0 Å². The summed E-state index contributed by atoms with van der Waals surface area (Å²) in [5, 5.41) is 2.15. The molecule has 0 aliphatic heterocycles. The molecule has 0 fully saturated rings. The molecule has 0 saturated heterocycles. The Morgan fingerprint density at radius 2 is 1.57 bits per heavy atom. The maximum atomic E-state index is 12.3. The predicted molar refractivity (Wildman–Crippen MR) is 91.0 cm³/mol. The van der Waals surface area contributed by atoms with Gasteiger partial charge in [0.15, 0.2) is 0 Å². The van der Waals surface area contributed by atoms with E-state index in [9.17, 15) is 4.79 Å². The van der Waals surface area contributed by atoms with Gasteiger partial charge in [-0.1, -0.05) is 42.5 Å². The van der Waals surface area contributed by atoms with Gasteiger partial charge in [0.1, 0.15) is 11.5 Å². The highest BCUT2D eigenvalue weighted by Crippen LogP contribution is 2.26. The highest BCUT2D eigenvalue weighted by atomic mass is 16.5. The van der Waals surface area contributed by atoms with Crippen molar-refractivity contribution in [2.24, 2.45) is 0 Å². The lowest BCUT2D eigenvalue weighted by Crippen LogP contribution is -2.16. The van der Waals surface area contributed by atoms with E-state index < -0.39 is 0 Å². The van der Waals surface area contributed by atoms with Crippen LogP contribution in [0, 0.1) is 0 Å². The van der Waals surface area contributed by atoms with Crippen molar-refractivity contribution in [3.8, 4) is 11.5 Å². The molecule has 0 aliphatic carbocycles. The largest absolute Gasteiger partial charge is 0.497 e. The van der Waals surface area contributed by atoms with Crippen molar-refractivity contribution >= 4 is 16.7 Å². The molecule has 0 N–H and O–H groups in total. The molecule has 0 heterocycles. The van der Waals surface area contributed by atoms with Crippen molar-refractivity contribution in [1.29, 1.82) is 0 Å². The summed E-state index contributed by atoms with van der Waals surface area (Å²) in [6, 6.07) is 21.0. The zero-order valence-corrected chi connectivity index (χ0v) is 13.2. The first-order valence-corrected chi connectivity index (χ1v) is 7.52. The van der Waals surface area contributed by atoms with Crippen molar-refractivity contribution in [1.82, 2.24) is 0 Å². The number of benzene rings is 3. The van der Waals surface area contributed by atoms with Crippen LogP contribution in [0.1, 0.15) is 18.4 Å². The summed E-state index contributed by atoms with van der Waals surface area (Å²) in [6.07, 6.45) is 0. The maximum absolute atomic E-state index is 12.3. The topological polar surface area (TPSA) is 35.5 Å². The third kappa shape index (κ3) is 3.34. The molecule has 0 radical (unpaired) electrons. The van der Waals surface area contributed by atoms with Crippen LogP contribution < -0.4 is 9.47 Å². The minimum atomic E-state index is -0.332. The number of hydrogen-bond donors (Lipinski definition) is 0. The zero-order chi connectivity index (χ0) is 16.2. The van der Waals surface area contributed by atoms with E-state index in [0.29, 0.717) is 5.75 Å². The van der Waals surface area contributed by atoms with Gasteiger partial charge in [0, 0.05) is 0 Å². The number of carbonyl (C=O) groups excluding carboxylic acids is 1. The summed E-state index contributed by atoms with van der Waals surface area (Å²) < 4.78 is 10.7. The van der Waals surface area contributed by atoms with Gasteiger partial charge in [-0.3, -0.25) is 4.79 Å². The van der Waals surface area contributed by atoms with E-state index in [0.717, 1.165) is 22.1 Å². The normalized spacial score (nSPS) is 11.9. The Morgan fingerprint density at radius 3 is 2.30 bits per heavy atom. The molecule has 0 unspecified atom stereocenters. The van der Waals surface area contributed by atoms with E-state index in [2.05, 4.69) is 0 Å². The minimum Gasteiger partial charge on any atom is -0.497 e. The lowest BCUT2D eigenvalue weighted by atomic mass is 9.98. The summed E-state index contributed by atoms with van der Waals surface area (Å²) in [6.45, 7) is 1.86. The summed E-state index contributed by atoms with van der Waals surface area (Å²) in [5.74, 6) is 0.794. The number of para-hydroxylation sites is 1. The lowest BCUT2D eigenvalue weighted by molar-refractivity contribution is -0.135. The van der Waals surface area contributed by atoms with Crippen molar-refractivity contribution in [2.75, 3.05) is 7.11 Å². The highest BCUT2D eigenvalue weighted by molar-refractivity contribution is 5.87. The molecule has 0 spiro atoms. The van der Waals surface area contributed by atoms with Crippen LogP contribution in [0.4, 0.5) is 0 Å². The number of carbonyl (C=O) groups is 1. The fraction of sp³-hybridized carbons (Fsp3) is 0.150. The molecule has 3 heteroatoms. The van der Waals surface area contributed by atoms with Crippen molar-refractivity contribution in [3.63, 3.8) is 0 Å². The van der Waals surface area contributed by atoms with Gasteiger partial charge in [-0.05, 0) is 47.5 Å². The number of esters is 1. The van der Waals surface area contributed by atoms with Crippen LogP contribution in [0.5, 0.6) is 11.5 Å². The Labute approximate surface area is 135 Å². The van der Waals surface area contributed by atoms with E-state index in [4.69, 9.17) is 9.47 Å². The summed E-state index contributed by atoms with van der Waals surface area (Å²) in [4.78, 5) is 12.3. The van der Waals surface area contributed by atoms with Gasteiger partial charge in [-0.15, -0.1) is 0 Å². The molecule has 3 rings (SSSR count). The summed E-state index contributed by atoms with van der Waals surface area (Å²) in [5.41, 5.74) is 0.934. The van der Waals surface area contributed by atoms with Crippen molar-refractivity contribution in [3.05, 3.63) is 72.3 Å².